The van der Waals surface area contributed by atoms with Crippen LogP contribution < -0.4 is 5.32 Å². The molecule has 1 aromatic rings. The fourth-order valence-electron chi connectivity index (χ4n) is 5.12. The first-order chi connectivity index (χ1) is 9.22. The van der Waals surface area contributed by atoms with Gasteiger partial charge < -0.3 is 5.32 Å². The molecule has 2 nitrogen and oxygen atoms in total. The third-order valence-electron chi connectivity index (χ3n) is 5.82. The van der Waals surface area contributed by atoms with Gasteiger partial charge in [-0.2, -0.15) is 0 Å². The Morgan fingerprint density at radius 1 is 1.16 bits per heavy atom. The van der Waals surface area contributed by atoms with Crippen LogP contribution in [0.2, 0.25) is 5.15 Å². The third kappa shape index (κ3) is 1.87. The number of fused-ring (bicyclic) bond motifs is 5. The molecule has 1 heterocycles. The summed E-state index contributed by atoms with van der Waals surface area (Å²) in [7, 11) is 0. The number of aromatic nitrogens is 1. The van der Waals surface area contributed by atoms with Crippen LogP contribution in [0.5, 0.6) is 0 Å². The Balaban J connectivity index is 1.52. The van der Waals surface area contributed by atoms with E-state index in [4.69, 9.17) is 11.6 Å². The average molecular weight is 277 g/mol. The number of rotatable bonds is 2. The van der Waals surface area contributed by atoms with E-state index < -0.39 is 0 Å². The molecule has 2 bridgehead atoms. The molecule has 0 saturated heterocycles. The highest BCUT2D eigenvalue weighted by atomic mass is 35.5. The van der Waals surface area contributed by atoms with E-state index in [0.717, 1.165) is 29.4 Å². The maximum atomic E-state index is 5.93. The average Bonchev–Trinajstić information content (AvgIpc) is 3.04. The topological polar surface area (TPSA) is 24.9 Å². The first-order valence-electron chi connectivity index (χ1n) is 7.62. The summed E-state index contributed by atoms with van der Waals surface area (Å²) in [6.45, 7) is 2.04. The molecule has 3 saturated carbocycles. The van der Waals surface area contributed by atoms with E-state index >= 15 is 0 Å². The number of hydrogen-bond acceptors (Lipinski definition) is 2. The quantitative estimate of drug-likeness (QED) is 0.816. The molecule has 102 valence electrons. The van der Waals surface area contributed by atoms with Crippen LogP contribution in [0, 0.1) is 30.6 Å². The monoisotopic (exact) mass is 276 g/mol. The zero-order valence-electron chi connectivity index (χ0n) is 11.4. The van der Waals surface area contributed by atoms with Gasteiger partial charge in [0, 0.05) is 6.04 Å². The summed E-state index contributed by atoms with van der Waals surface area (Å²) in [6, 6.07) is 4.65. The van der Waals surface area contributed by atoms with Crippen molar-refractivity contribution in [3.05, 3.63) is 23.0 Å². The molecule has 1 N–H and O–H groups in total. The van der Waals surface area contributed by atoms with E-state index in [2.05, 4.69) is 16.4 Å². The van der Waals surface area contributed by atoms with Crippen molar-refractivity contribution < 1.29 is 0 Å². The second-order valence-corrected chi connectivity index (χ2v) is 7.06. The van der Waals surface area contributed by atoms with Crippen LogP contribution in [0.3, 0.4) is 0 Å². The van der Waals surface area contributed by atoms with Gasteiger partial charge in [-0.25, -0.2) is 4.98 Å². The minimum absolute atomic E-state index is 0.590. The summed E-state index contributed by atoms with van der Waals surface area (Å²) in [5, 5.41) is 4.35. The summed E-state index contributed by atoms with van der Waals surface area (Å²) >= 11 is 5.93. The van der Waals surface area contributed by atoms with Crippen molar-refractivity contribution >= 4 is 17.3 Å². The van der Waals surface area contributed by atoms with E-state index in [1.165, 1.54) is 37.8 Å². The number of aryl methyl sites for hydroxylation is 1. The fraction of sp³-hybridized carbons (Fsp3) is 0.688. The van der Waals surface area contributed by atoms with E-state index in [9.17, 15) is 0 Å². The van der Waals surface area contributed by atoms with E-state index in [1.54, 1.807) is 0 Å². The van der Waals surface area contributed by atoms with Crippen molar-refractivity contribution in [1.82, 2.24) is 4.98 Å². The molecular formula is C16H21ClN2. The van der Waals surface area contributed by atoms with Crippen LogP contribution in [-0.4, -0.2) is 11.0 Å². The van der Waals surface area contributed by atoms with Gasteiger partial charge in [-0.1, -0.05) is 18.0 Å². The molecule has 3 aliphatic rings. The number of nitrogens with one attached hydrogen (secondary N) is 1. The lowest BCUT2D eigenvalue weighted by molar-refractivity contribution is 0.243. The standard InChI is InChI=1S/C16H21ClN2/c1-9-14(5-6-16(17)18-9)19-15-8-10-7-13(15)12-4-2-3-11(10)12/h5-6,10-13,15,19H,2-4,7-8H2,1H3. The predicted octanol–water partition coefficient (Wildman–Crippen LogP) is 4.28. The summed E-state index contributed by atoms with van der Waals surface area (Å²) in [4.78, 5) is 4.35. The van der Waals surface area contributed by atoms with Crippen molar-refractivity contribution in [1.29, 1.82) is 0 Å². The molecule has 0 aromatic carbocycles. The van der Waals surface area contributed by atoms with Crippen molar-refractivity contribution in [2.45, 2.75) is 45.1 Å². The van der Waals surface area contributed by atoms with Gasteiger partial charge in [-0.15, -0.1) is 0 Å². The van der Waals surface area contributed by atoms with Crippen LogP contribution in [0.25, 0.3) is 0 Å². The van der Waals surface area contributed by atoms with Gasteiger partial charge in [0.15, 0.2) is 0 Å². The minimum atomic E-state index is 0.590. The van der Waals surface area contributed by atoms with E-state index in [0.29, 0.717) is 11.2 Å². The Morgan fingerprint density at radius 3 is 2.84 bits per heavy atom. The van der Waals surface area contributed by atoms with Crippen LogP contribution in [-0.2, 0) is 0 Å². The lowest BCUT2D eigenvalue weighted by Gasteiger charge is -2.33. The van der Waals surface area contributed by atoms with Crippen LogP contribution in [0.1, 0.15) is 37.8 Å². The lowest BCUT2D eigenvalue weighted by atomic mass is 9.79. The summed E-state index contributed by atoms with van der Waals surface area (Å²) < 4.78 is 0. The summed E-state index contributed by atoms with van der Waals surface area (Å²) in [5.41, 5.74) is 2.20. The van der Waals surface area contributed by atoms with Gasteiger partial charge in [0.1, 0.15) is 5.15 Å². The lowest BCUT2D eigenvalue weighted by Crippen LogP contribution is -2.34. The number of halogens is 1. The maximum absolute atomic E-state index is 5.93. The van der Waals surface area contributed by atoms with Crippen LogP contribution in [0.4, 0.5) is 5.69 Å². The maximum Gasteiger partial charge on any atom is 0.129 e. The highest BCUT2D eigenvalue weighted by Gasteiger charge is 2.53. The molecule has 5 unspecified atom stereocenters. The first-order valence-corrected chi connectivity index (χ1v) is 8.00. The normalized spacial score (nSPS) is 39.6. The Kier molecular flexibility index (Phi) is 2.77. The van der Waals surface area contributed by atoms with Crippen LogP contribution in [0.15, 0.2) is 12.1 Å². The number of anilines is 1. The smallest absolute Gasteiger partial charge is 0.129 e. The molecule has 0 amide bonds. The molecule has 0 radical (unpaired) electrons. The predicted molar refractivity (Wildman–Crippen MR) is 78.4 cm³/mol. The van der Waals surface area contributed by atoms with Crippen molar-refractivity contribution in [3.63, 3.8) is 0 Å². The minimum Gasteiger partial charge on any atom is -0.381 e. The molecular weight excluding hydrogens is 256 g/mol. The fourth-order valence-corrected chi connectivity index (χ4v) is 5.31. The van der Waals surface area contributed by atoms with Gasteiger partial charge >= 0.3 is 0 Å². The highest BCUT2D eigenvalue weighted by molar-refractivity contribution is 6.29. The molecule has 19 heavy (non-hydrogen) atoms. The molecule has 5 atom stereocenters. The Morgan fingerprint density at radius 2 is 2.00 bits per heavy atom. The van der Waals surface area contributed by atoms with E-state index in [1.807, 2.05) is 13.0 Å². The second kappa shape index (κ2) is 4.37. The number of pyridine rings is 1. The van der Waals surface area contributed by atoms with Gasteiger partial charge in [-0.05, 0) is 68.4 Å². The Hall–Kier alpha value is -0.760. The molecule has 1 aromatic heterocycles. The molecule has 0 aliphatic heterocycles. The Bertz CT molecular complexity index is 502. The molecule has 3 aliphatic carbocycles. The SMILES string of the molecule is Cc1nc(Cl)ccc1NC1CC2CC1C1CCCC21. The molecule has 3 heteroatoms. The van der Waals surface area contributed by atoms with Gasteiger partial charge in [0.05, 0.1) is 11.4 Å². The molecule has 4 rings (SSSR count). The zero-order valence-corrected chi connectivity index (χ0v) is 12.2. The van der Waals surface area contributed by atoms with Crippen molar-refractivity contribution in [2.24, 2.45) is 23.7 Å². The number of nitrogens with zero attached hydrogens (tertiary/aromatic N) is 1. The first kappa shape index (κ1) is 12.0. The summed E-state index contributed by atoms with van der Waals surface area (Å²) in [5.74, 6) is 3.98. The van der Waals surface area contributed by atoms with Crippen molar-refractivity contribution in [3.8, 4) is 0 Å². The van der Waals surface area contributed by atoms with Gasteiger partial charge in [0.2, 0.25) is 0 Å². The molecule has 0 spiro atoms. The number of hydrogen-bond donors (Lipinski definition) is 1. The van der Waals surface area contributed by atoms with Gasteiger partial charge in [-0.3, -0.25) is 0 Å². The Labute approximate surface area is 120 Å². The zero-order chi connectivity index (χ0) is 13.0. The van der Waals surface area contributed by atoms with Gasteiger partial charge in [0.25, 0.3) is 0 Å². The van der Waals surface area contributed by atoms with Crippen LogP contribution >= 0.6 is 11.6 Å². The van der Waals surface area contributed by atoms with Crippen molar-refractivity contribution in [2.75, 3.05) is 5.32 Å². The van der Waals surface area contributed by atoms with E-state index in [-0.39, 0.29) is 0 Å². The highest BCUT2D eigenvalue weighted by Crippen LogP contribution is 2.59. The summed E-state index contributed by atoms with van der Waals surface area (Å²) in [6.07, 6.45) is 7.28. The largest absolute Gasteiger partial charge is 0.381 e. The second-order valence-electron chi connectivity index (χ2n) is 6.67. The molecule has 3 fully saturated rings. The third-order valence-corrected chi connectivity index (χ3v) is 6.03.